The second-order valence-corrected chi connectivity index (χ2v) is 6.28. The van der Waals surface area contributed by atoms with Gasteiger partial charge >= 0.3 is 0 Å². The summed E-state index contributed by atoms with van der Waals surface area (Å²) in [7, 11) is 0. The molecule has 130 valence electrons. The van der Waals surface area contributed by atoms with Crippen molar-refractivity contribution in [3.8, 4) is 0 Å². The van der Waals surface area contributed by atoms with Crippen molar-refractivity contribution in [2.45, 2.75) is 23.8 Å². The van der Waals surface area contributed by atoms with E-state index in [1.165, 1.54) is 18.0 Å². The fraction of sp³-hybridized carbons (Fsp3) is 0.235. The zero-order valence-electron chi connectivity index (χ0n) is 13.5. The van der Waals surface area contributed by atoms with E-state index in [4.69, 9.17) is 8.94 Å². The van der Waals surface area contributed by atoms with Crippen LogP contribution in [0.1, 0.15) is 33.7 Å². The lowest BCUT2D eigenvalue weighted by Crippen LogP contribution is -2.28. The van der Waals surface area contributed by atoms with Crippen molar-refractivity contribution in [3.63, 3.8) is 0 Å². The van der Waals surface area contributed by atoms with E-state index in [1.807, 2.05) is 13.0 Å². The van der Waals surface area contributed by atoms with E-state index < -0.39 is 6.10 Å². The van der Waals surface area contributed by atoms with Crippen LogP contribution in [0, 0.1) is 6.92 Å². The molecule has 7 nitrogen and oxygen atoms in total. The highest BCUT2D eigenvalue weighted by Crippen LogP contribution is 2.24. The number of aryl methyl sites for hydroxylation is 1. The Morgan fingerprint density at radius 3 is 3.00 bits per heavy atom. The molecule has 1 atom stereocenters. The Hall–Kier alpha value is -2.58. The monoisotopic (exact) mass is 359 g/mol. The van der Waals surface area contributed by atoms with Gasteiger partial charge in [-0.3, -0.25) is 4.79 Å². The van der Waals surface area contributed by atoms with Crippen LogP contribution >= 0.6 is 11.8 Å². The number of hydrogen-bond donors (Lipinski definition) is 2. The number of pyridine rings is 1. The van der Waals surface area contributed by atoms with Crippen LogP contribution in [-0.2, 0) is 5.75 Å². The summed E-state index contributed by atoms with van der Waals surface area (Å²) in [5.41, 5.74) is 1.23. The van der Waals surface area contributed by atoms with Crippen molar-refractivity contribution in [2.24, 2.45) is 0 Å². The minimum absolute atomic E-state index is 0.0494. The molecular formula is C17H17N3O4S. The molecule has 3 heterocycles. The van der Waals surface area contributed by atoms with E-state index in [2.05, 4.69) is 15.5 Å². The van der Waals surface area contributed by atoms with Crippen LogP contribution in [0.25, 0.3) is 0 Å². The van der Waals surface area contributed by atoms with E-state index in [1.54, 1.807) is 30.5 Å². The predicted octanol–water partition coefficient (Wildman–Crippen LogP) is 2.73. The molecule has 0 saturated heterocycles. The van der Waals surface area contributed by atoms with Crippen molar-refractivity contribution < 1.29 is 18.8 Å². The van der Waals surface area contributed by atoms with Gasteiger partial charge in [-0.1, -0.05) is 16.9 Å². The molecule has 0 aromatic carbocycles. The van der Waals surface area contributed by atoms with Crippen molar-refractivity contribution >= 4 is 17.7 Å². The average molecular weight is 359 g/mol. The number of aromatic nitrogens is 2. The molecule has 3 aromatic rings. The molecule has 0 aliphatic heterocycles. The molecule has 2 N–H and O–H groups in total. The number of carbonyl (C=O) groups is 1. The molecule has 3 aromatic heterocycles. The number of furan rings is 1. The van der Waals surface area contributed by atoms with E-state index in [-0.39, 0.29) is 12.5 Å². The fourth-order valence-electron chi connectivity index (χ4n) is 2.17. The second-order valence-electron chi connectivity index (χ2n) is 5.31. The Morgan fingerprint density at radius 2 is 2.28 bits per heavy atom. The molecule has 0 bridgehead atoms. The van der Waals surface area contributed by atoms with Gasteiger partial charge in [0.25, 0.3) is 5.91 Å². The molecule has 25 heavy (non-hydrogen) atoms. The second kappa shape index (κ2) is 8.00. The lowest BCUT2D eigenvalue weighted by atomic mass is 10.2. The first kappa shape index (κ1) is 17.2. The predicted molar refractivity (Wildman–Crippen MR) is 91.0 cm³/mol. The lowest BCUT2D eigenvalue weighted by Gasteiger charge is -2.11. The van der Waals surface area contributed by atoms with Gasteiger partial charge in [-0.15, -0.1) is 0 Å². The molecular weight excluding hydrogens is 342 g/mol. The fourth-order valence-corrected chi connectivity index (χ4v) is 3.05. The highest BCUT2D eigenvalue weighted by Gasteiger charge is 2.16. The van der Waals surface area contributed by atoms with E-state index >= 15 is 0 Å². The maximum atomic E-state index is 12.4. The van der Waals surface area contributed by atoms with Gasteiger partial charge in [0, 0.05) is 18.0 Å². The van der Waals surface area contributed by atoms with Crippen LogP contribution < -0.4 is 5.32 Å². The first-order chi connectivity index (χ1) is 12.1. The summed E-state index contributed by atoms with van der Waals surface area (Å²) in [5, 5.41) is 17.2. The number of aliphatic hydroxyl groups excluding tert-OH is 1. The number of thioether (sulfide) groups is 1. The van der Waals surface area contributed by atoms with Crippen LogP contribution in [0.15, 0.2) is 56.8 Å². The molecule has 1 unspecified atom stereocenters. The minimum Gasteiger partial charge on any atom is -0.467 e. The third kappa shape index (κ3) is 4.49. The molecule has 0 saturated carbocycles. The van der Waals surface area contributed by atoms with E-state index in [0.717, 1.165) is 11.5 Å². The van der Waals surface area contributed by atoms with Crippen LogP contribution in [-0.4, -0.2) is 27.7 Å². The topological polar surface area (TPSA) is 101 Å². The van der Waals surface area contributed by atoms with Crippen molar-refractivity contribution in [1.29, 1.82) is 0 Å². The zero-order chi connectivity index (χ0) is 17.6. The normalized spacial score (nSPS) is 12.1. The van der Waals surface area contributed by atoms with Crippen LogP contribution in [0.4, 0.5) is 0 Å². The van der Waals surface area contributed by atoms with Crippen LogP contribution in [0.5, 0.6) is 0 Å². The van der Waals surface area contributed by atoms with Crippen molar-refractivity contribution in [3.05, 3.63) is 65.6 Å². The lowest BCUT2D eigenvalue weighted by molar-refractivity contribution is 0.0897. The third-order valence-corrected chi connectivity index (χ3v) is 4.42. The maximum Gasteiger partial charge on any atom is 0.254 e. The SMILES string of the molecule is Cc1cc(CSc2ncccc2C(=O)NCC(O)c2ccco2)no1. The van der Waals surface area contributed by atoms with Gasteiger partial charge in [0.15, 0.2) is 0 Å². The number of rotatable bonds is 7. The molecule has 3 rings (SSSR count). The summed E-state index contributed by atoms with van der Waals surface area (Å²) in [5.74, 6) is 1.38. The quantitative estimate of drug-likeness (QED) is 0.625. The van der Waals surface area contributed by atoms with E-state index in [0.29, 0.717) is 22.1 Å². The molecule has 8 heteroatoms. The number of nitrogens with one attached hydrogen (secondary N) is 1. The summed E-state index contributed by atoms with van der Waals surface area (Å²) in [6, 6.07) is 8.57. The number of amides is 1. The summed E-state index contributed by atoms with van der Waals surface area (Å²) in [4.78, 5) is 16.7. The average Bonchev–Trinajstić information content (AvgIpc) is 3.29. The molecule has 0 aliphatic rings. The number of aliphatic hydroxyl groups is 1. The molecule has 0 radical (unpaired) electrons. The van der Waals surface area contributed by atoms with Crippen molar-refractivity contribution in [2.75, 3.05) is 6.54 Å². The number of hydrogen-bond acceptors (Lipinski definition) is 7. The van der Waals surface area contributed by atoms with E-state index in [9.17, 15) is 9.90 Å². The van der Waals surface area contributed by atoms with Crippen LogP contribution in [0.3, 0.4) is 0 Å². The minimum atomic E-state index is -0.898. The first-order valence-corrected chi connectivity index (χ1v) is 8.61. The highest BCUT2D eigenvalue weighted by molar-refractivity contribution is 7.98. The van der Waals surface area contributed by atoms with Gasteiger partial charge in [-0.25, -0.2) is 4.98 Å². The van der Waals surface area contributed by atoms with Gasteiger partial charge < -0.3 is 19.4 Å². The maximum absolute atomic E-state index is 12.4. The Bertz CT molecular complexity index is 832. The highest BCUT2D eigenvalue weighted by atomic mass is 32.2. The smallest absolute Gasteiger partial charge is 0.254 e. The number of nitrogens with zero attached hydrogens (tertiary/aromatic N) is 2. The molecule has 0 spiro atoms. The Labute approximate surface area is 148 Å². The standard InChI is InChI=1S/C17H17N3O4S/c1-11-8-12(20-24-11)10-25-17-13(4-2-6-18-17)16(22)19-9-14(21)15-5-3-7-23-15/h2-8,14,21H,9-10H2,1H3,(H,19,22). The first-order valence-electron chi connectivity index (χ1n) is 7.63. The number of carbonyl (C=O) groups excluding carboxylic acids is 1. The van der Waals surface area contributed by atoms with Gasteiger partial charge in [0.1, 0.15) is 22.7 Å². The summed E-state index contributed by atoms with van der Waals surface area (Å²) < 4.78 is 10.1. The Kier molecular flexibility index (Phi) is 5.52. The zero-order valence-corrected chi connectivity index (χ0v) is 14.3. The van der Waals surface area contributed by atoms with Crippen molar-refractivity contribution in [1.82, 2.24) is 15.5 Å². The summed E-state index contributed by atoms with van der Waals surface area (Å²) >= 11 is 1.40. The summed E-state index contributed by atoms with van der Waals surface area (Å²) in [6.45, 7) is 1.87. The Morgan fingerprint density at radius 1 is 1.40 bits per heavy atom. The largest absolute Gasteiger partial charge is 0.467 e. The molecule has 0 aliphatic carbocycles. The van der Waals surface area contributed by atoms with Gasteiger partial charge in [-0.05, 0) is 31.2 Å². The van der Waals surface area contributed by atoms with Gasteiger partial charge in [0.05, 0.1) is 24.1 Å². The van der Waals surface area contributed by atoms with Gasteiger partial charge in [0.2, 0.25) is 0 Å². The van der Waals surface area contributed by atoms with Crippen LogP contribution in [0.2, 0.25) is 0 Å². The third-order valence-electron chi connectivity index (χ3n) is 3.38. The molecule has 0 fully saturated rings. The Balaban J connectivity index is 1.62. The molecule has 1 amide bonds. The summed E-state index contributed by atoms with van der Waals surface area (Å²) in [6.07, 6.45) is 2.21. The van der Waals surface area contributed by atoms with Gasteiger partial charge in [-0.2, -0.15) is 0 Å².